The van der Waals surface area contributed by atoms with Gasteiger partial charge in [-0.05, 0) is 30.3 Å². The highest BCUT2D eigenvalue weighted by Crippen LogP contribution is 2.17. The van der Waals surface area contributed by atoms with Gasteiger partial charge in [-0.2, -0.15) is 0 Å². The molecule has 0 aliphatic rings. The van der Waals surface area contributed by atoms with Gasteiger partial charge >= 0.3 is 0 Å². The van der Waals surface area contributed by atoms with E-state index in [1.54, 1.807) is 24.3 Å². The highest BCUT2D eigenvalue weighted by molar-refractivity contribution is 6.30. The molecule has 18 heavy (non-hydrogen) atoms. The number of rotatable bonds is 3. The number of nitrogens with two attached hydrogens (primary N) is 1. The molecular formula is C13H16ClN3O. The lowest BCUT2D eigenvalue weighted by molar-refractivity contribution is 0.300. The molecule has 4 nitrogen and oxygen atoms in total. The van der Waals surface area contributed by atoms with E-state index in [9.17, 15) is 0 Å². The average Bonchev–Trinajstić information content (AvgIpc) is 2.41. The van der Waals surface area contributed by atoms with Crippen LogP contribution < -0.4 is 10.5 Å². The van der Waals surface area contributed by atoms with Crippen LogP contribution in [0.25, 0.3) is 0 Å². The molecule has 1 heterocycles. The highest BCUT2D eigenvalue weighted by atomic mass is 35.5. The number of halogens is 1. The summed E-state index contributed by atoms with van der Waals surface area (Å²) >= 11 is 5.82. The van der Waals surface area contributed by atoms with Gasteiger partial charge in [0.05, 0.1) is 0 Å². The van der Waals surface area contributed by atoms with Crippen LogP contribution in [-0.4, -0.2) is 10.2 Å². The normalized spacial score (nSPS) is 9.28. The van der Waals surface area contributed by atoms with Crippen LogP contribution >= 0.6 is 11.6 Å². The third-order valence-electron chi connectivity index (χ3n) is 1.92. The minimum atomic E-state index is 0.341. The largest absolute Gasteiger partial charge is 0.487 e. The number of hydrogen-bond acceptors (Lipinski definition) is 4. The average molecular weight is 266 g/mol. The third kappa shape index (κ3) is 4.59. The number of ether oxygens (including phenoxy) is 1. The lowest BCUT2D eigenvalue weighted by atomic mass is 10.3. The van der Waals surface area contributed by atoms with Crippen molar-refractivity contribution in [2.24, 2.45) is 0 Å². The van der Waals surface area contributed by atoms with Crippen molar-refractivity contribution in [3.63, 3.8) is 0 Å². The molecule has 2 aromatic rings. The van der Waals surface area contributed by atoms with Crippen molar-refractivity contribution in [1.82, 2.24) is 10.2 Å². The fourth-order valence-corrected chi connectivity index (χ4v) is 1.34. The van der Waals surface area contributed by atoms with Crippen molar-refractivity contribution in [1.29, 1.82) is 0 Å². The summed E-state index contributed by atoms with van der Waals surface area (Å²) in [5.41, 5.74) is 6.14. The second kappa shape index (κ2) is 7.50. The fraction of sp³-hybridized carbons (Fsp3) is 0.231. The Balaban J connectivity index is 0.000000771. The predicted molar refractivity (Wildman–Crippen MR) is 73.6 cm³/mol. The molecule has 1 aromatic carbocycles. The maximum atomic E-state index is 5.82. The summed E-state index contributed by atoms with van der Waals surface area (Å²) in [5.74, 6) is 1.10. The van der Waals surface area contributed by atoms with Crippen LogP contribution in [0.1, 0.15) is 19.5 Å². The first-order valence-electron chi connectivity index (χ1n) is 5.70. The first-order chi connectivity index (χ1) is 8.74. The molecule has 1 aromatic heterocycles. The second-order valence-corrected chi connectivity index (χ2v) is 3.63. The summed E-state index contributed by atoms with van der Waals surface area (Å²) in [4.78, 5) is 0. The number of aromatic nitrogens is 2. The van der Waals surface area contributed by atoms with Crippen LogP contribution in [0.2, 0.25) is 5.02 Å². The van der Waals surface area contributed by atoms with Gasteiger partial charge in [-0.15, -0.1) is 10.2 Å². The summed E-state index contributed by atoms with van der Waals surface area (Å²) in [6.07, 6.45) is 0. The molecule has 0 radical (unpaired) electrons. The molecule has 0 aliphatic carbocycles. The first-order valence-corrected chi connectivity index (χ1v) is 6.08. The molecule has 0 unspecified atom stereocenters. The van der Waals surface area contributed by atoms with E-state index in [1.807, 2.05) is 26.0 Å². The van der Waals surface area contributed by atoms with Gasteiger partial charge in [-0.1, -0.05) is 31.5 Å². The van der Waals surface area contributed by atoms with E-state index >= 15 is 0 Å². The van der Waals surface area contributed by atoms with Gasteiger partial charge in [-0.25, -0.2) is 0 Å². The Hall–Kier alpha value is -1.81. The maximum absolute atomic E-state index is 5.82. The van der Waals surface area contributed by atoms with E-state index in [4.69, 9.17) is 22.1 Å². The fourth-order valence-electron chi connectivity index (χ4n) is 1.16. The van der Waals surface area contributed by atoms with Gasteiger partial charge < -0.3 is 10.5 Å². The van der Waals surface area contributed by atoms with Gasteiger partial charge in [-0.3, -0.25) is 0 Å². The van der Waals surface area contributed by atoms with Crippen LogP contribution in [0.5, 0.6) is 5.75 Å². The summed E-state index contributed by atoms with van der Waals surface area (Å²) in [5, 5.41) is 8.25. The second-order valence-electron chi connectivity index (χ2n) is 3.20. The van der Waals surface area contributed by atoms with Crippen LogP contribution in [0.15, 0.2) is 36.4 Å². The van der Waals surface area contributed by atoms with Gasteiger partial charge in [0.1, 0.15) is 23.9 Å². The first kappa shape index (κ1) is 14.3. The van der Waals surface area contributed by atoms with Crippen LogP contribution in [0, 0.1) is 0 Å². The maximum Gasteiger partial charge on any atom is 0.146 e. The van der Waals surface area contributed by atoms with E-state index in [1.165, 1.54) is 0 Å². The summed E-state index contributed by atoms with van der Waals surface area (Å²) in [6, 6.07) is 10.6. The molecule has 0 fully saturated rings. The zero-order valence-corrected chi connectivity index (χ0v) is 11.2. The Labute approximate surface area is 112 Å². The zero-order chi connectivity index (χ0) is 13.4. The predicted octanol–water partition coefficient (Wildman–Crippen LogP) is 3.32. The summed E-state index contributed by atoms with van der Waals surface area (Å²) in [7, 11) is 0. The van der Waals surface area contributed by atoms with Crippen molar-refractivity contribution in [3.05, 3.63) is 47.1 Å². The summed E-state index contributed by atoms with van der Waals surface area (Å²) < 4.78 is 5.48. The molecule has 0 bridgehead atoms. The number of nitrogen functional groups attached to an aromatic ring is 1. The number of hydrogen-bond donors (Lipinski definition) is 1. The molecular weight excluding hydrogens is 250 g/mol. The summed E-state index contributed by atoms with van der Waals surface area (Å²) in [6.45, 7) is 4.34. The molecule has 0 atom stereocenters. The molecule has 2 N–H and O–H groups in total. The molecule has 96 valence electrons. The van der Waals surface area contributed by atoms with Crippen molar-refractivity contribution in [3.8, 4) is 5.75 Å². The Morgan fingerprint density at radius 1 is 1.17 bits per heavy atom. The minimum Gasteiger partial charge on any atom is -0.487 e. The Bertz CT molecular complexity index is 474. The topological polar surface area (TPSA) is 61.0 Å². The highest BCUT2D eigenvalue weighted by Gasteiger charge is 1.98. The molecule has 0 amide bonds. The van der Waals surface area contributed by atoms with Gasteiger partial charge in [0.15, 0.2) is 0 Å². The van der Waals surface area contributed by atoms with E-state index in [0.717, 1.165) is 0 Å². The molecule has 2 rings (SSSR count). The van der Waals surface area contributed by atoms with Crippen LogP contribution in [0.4, 0.5) is 5.82 Å². The van der Waals surface area contributed by atoms with Crippen molar-refractivity contribution in [2.75, 3.05) is 5.73 Å². The number of anilines is 1. The van der Waals surface area contributed by atoms with Gasteiger partial charge in [0.25, 0.3) is 0 Å². The number of benzene rings is 1. The SMILES string of the molecule is CC.Nc1ccc(COc2cccc(Cl)c2)nn1. The van der Waals surface area contributed by atoms with Crippen LogP contribution in [-0.2, 0) is 6.61 Å². The van der Waals surface area contributed by atoms with E-state index in [0.29, 0.717) is 28.9 Å². The van der Waals surface area contributed by atoms with Gasteiger partial charge in [0.2, 0.25) is 0 Å². The Morgan fingerprint density at radius 2 is 1.94 bits per heavy atom. The minimum absolute atomic E-state index is 0.341. The lowest BCUT2D eigenvalue weighted by Crippen LogP contribution is -2.01. The molecule has 0 saturated heterocycles. The molecule has 0 spiro atoms. The molecule has 5 heteroatoms. The molecule has 0 aliphatic heterocycles. The monoisotopic (exact) mass is 265 g/mol. The van der Waals surface area contributed by atoms with E-state index in [2.05, 4.69) is 10.2 Å². The molecule has 0 saturated carbocycles. The van der Waals surface area contributed by atoms with E-state index < -0.39 is 0 Å². The van der Waals surface area contributed by atoms with Gasteiger partial charge in [0, 0.05) is 5.02 Å². The lowest BCUT2D eigenvalue weighted by Gasteiger charge is -2.05. The zero-order valence-electron chi connectivity index (χ0n) is 10.4. The van der Waals surface area contributed by atoms with Crippen molar-refractivity contribution < 1.29 is 4.74 Å². The van der Waals surface area contributed by atoms with Crippen molar-refractivity contribution >= 4 is 17.4 Å². The van der Waals surface area contributed by atoms with E-state index in [-0.39, 0.29) is 0 Å². The van der Waals surface area contributed by atoms with Crippen LogP contribution in [0.3, 0.4) is 0 Å². The third-order valence-corrected chi connectivity index (χ3v) is 2.16. The van der Waals surface area contributed by atoms with Crippen molar-refractivity contribution in [2.45, 2.75) is 20.5 Å². The quantitative estimate of drug-likeness (QED) is 0.925. The Kier molecular flexibility index (Phi) is 5.94. The Morgan fingerprint density at radius 3 is 2.56 bits per heavy atom. The smallest absolute Gasteiger partial charge is 0.146 e. The standard InChI is InChI=1S/C11H10ClN3O.C2H6/c12-8-2-1-3-10(6-8)16-7-9-4-5-11(13)15-14-9;1-2/h1-6H,7H2,(H2,13,15);1-2H3. The number of nitrogens with zero attached hydrogens (tertiary/aromatic N) is 2.